The van der Waals surface area contributed by atoms with Crippen molar-refractivity contribution in [3.05, 3.63) is 30.0 Å². The normalized spacial score (nSPS) is 45.8. The molecule has 1 saturated heterocycles. The summed E-state index contributed by atoms with van der Waals surface area (Å²) < 4.78 is 69.8. The molecule has 0 radical (unpaired) electrons. The molecule has 2 heterocycles. The Bertz CT molecular complexity index is 677. The third-order valence-electron chi connectivity index (χ3n) is 1.63. The van der Waals surface area contributed by atoms with Crippen molar-refractivity contribution >= 4 is 5.91 Å². The molecule has 1 fully saturated rings. The Morgan fingerprint density at radius 3 is 3.46 bits per heavy atom. The Hall–Kier alpha value is -1.38. The topological polar surface area (TPSA) is 33.2 Å². The zero-order valence-corrected chi connectivity index (χ0v) is 6.80. The van der Waals surface area contributed by atoms with E-state index in [4.69, 9.17) is 12.3 Å². The van der Waals surface area contributed by atoms with Crippen LogP contribution in [0, 0.1) is 0 Å². The van der Waals surface area contributed by atoms with Crippen molar-refractivity contribution in [2.75, 3.05) is 7.05 Å². The molecule has 1 amide bonds. The summed E-state index contributed by atoms with van der Waals surface area (Å²) in [4.78, 5) is 15.8. The van der Waals surface area contributed by atoms with E-state index in [-0.39, 0.29) is 0 Å². The Morgan fingerprint density at radius 2 is 2.77 bits per heavy atom. The second-order valence-electron chi connectivity index (χ2n) is 2.42. The van der Waals surface area contributed by atoms with Gasteiger partial charge in [-0.1, -0.05) is 6.04 Å². The monoisotopic (exact) mass is 185 g/mol. The molecule has 1 aliphatic rings. The quantitative estimate of drug-likeness (QED) is 0.662. The minimum Gasteiger partial charge on any atom is -0.339 e. The van der Waals surface area contributed by atoms with E-state index in [1.165, 1.54) is 0 Å². The fourth-order valence-electron chi connectivity index (χ4n) is 0.954. The molecule has 1 aromatic rings. The Balaban J connectivity index is 2.87. The van der Waals surface area contributed by atoms with Crippen LogP contribution in [0.25, 0.3) is 0 Å². The minimum absolute atomic E-state index is 0.475. The molecular formula is C10H12N2O. The number of likely N-dealkylation sites (tertiary alicyclic amines) is 1. The van der Waals surface area contributed by atoms with E-state index in [2.05, 4.69) is 4.98 Å². The fourth-order valence-corrected chi connectivity index (χ4v) is 0.954. The molecule has 1 aromatic heterocycles. The average Bonchev–Trinajstić information content (AvgIpc) is 2.49. The van der Waals surface area contributed by atoms with E-state index in [1.54, 1.807) is 0 Å². The van der Waals surface area contributed by atoms with Gasteiger partial charge in [0.15, 0.2) is 0 Å². The largest absolute Gasteiger partial charge is 0.339 e. The van der Waals surface area contributed by atoms with Crippen molar-refractivity contribution in [2.24, 2.45) is 0 Å². The average molecular weight is 185 g/mol. The maximum Gasteiger partial charge on any atom is 0.222 e. The third-order valence-corrected chi connectivity index (χ3v) is 1.63. The lowest BCUT2D eigenvalue weighted by atomic mass is 10.1. The SMILES string of the molecule is [2H]c1nc([2H])c([C@@]2([2H])N(C)C(=O)C([2H])([2H])C2([2H])[2H])c([2H])c1[2H]. The molecular weight excluding hydrogens is 164 g/mol. The number of rotatable bonds is 1. The molecule has 0 aromatic carbocycles. The zero-order chi connectivity index (χ0) is 17.2. The zero-order valence-electron chi connectivity index (χ0n) is 15.8. The maximum absolute atomic E-state index is 12.0. The Kier molecular flexibility index (Phi) is 0.683. The molecule has 1 atom stereocenters. The van der Waals surface area contributed by atoms with E-state index in [9.17, 15) is 4.79 Å². The van der Waals surface area contributed by atoms with Gasteiger partial charge in [0.1, 0.15) is 0 Å². The number of hydrogen-bond donors (Lipinski definition) is 0. The van der Waals surface area contributed by atoms with Crippen LogP contribution < -0.4 is 0 Å². The van der Waals surface area contributed by atoms with Crippen molar-refractivity contribution in [1.29, 1.82) is 0 Å². The number of hydrogen-bond acceptors (Lipinski definition) is 2. The van der Waals surface area contributed by atoms with Crippen LogP contribution in [0.4, 0.5) is 0 Å². The summed E-state index contributed by atoms with van der Waals surface area (Å²) in [6.45, 7) is 0. The van der Waals surface area contributed by atoms with Gasteiger partial charge in [-0.15, -0.1) is 0 Å². The number of nitrogens with zero attached hydrogens (tertiary/aromatic N) is 2. The van der Waals surface area contributed by atoms with Gasteiger partial charge in [0, 0.05) is 31.2 Å². The van der Waals surface area contributed by atoms with E-state index in [0.717, 1.165) is 7.05 Å². The van der Waals surface area contributed by atoms with Gasteiger partial charge in [-0.05, 0) is 18.0 Å². The second-order valence-corrected chi connectivity index (χ2v) is 2.42. The molecule has 2 rings (SSSR count). The summed E-state index contributed by atoms with van der Waals surface area (Å²) in [6.07, 6.45) is -7.61. The predicted molar refractivity (Wildman–Crippen MR) is 49.0 cm³/mol. The molecule has 0 bridgehead atoms. The molecule has 3 heteroatoms. The molecule has 0 N–H and O–H groups in total. The number of carbonyl (C=O) groups excluding carboxylic acids is 1. The van der Waals surface area contributed by atoms with Gasteiger partial charge in [0.2, 0.25) is 5.91 Å². The fraction of sp³-hybridized carbons (Fsp3) is 0.400. The lowest BCUT2D eigenvalue weighted by molar-refractivity contribution is -0.127. The second kappa shape index (κ2) is 3.17. The van der Waals surface area contributed by atoms with Crippen molar-refractivity contribution in [2.45, 2.75) is 18.8 Å². The lowest BCUT2D eigenvalue weighted by Gasteiger charge is -2.19. The van der Waals surface area contributed by atoms with Crippen molar-refractivity contribution in [3.8, 4) is 0 Å². The number of carbonyl (C=O) groups is 1. The summed E-state index contributed by atoms with van der Waals surface area (Å²) >= 11 is 0. The van der Waals surface area contributed by atoms with E-state index < -0.39 is 54.7 Å². The van der Waals surface area contributed by atoms with Crippen LogP contribution >= 0.6 is 0 Å². The Morgan fingerprint density at radius 1 is 1.92 bits per heavy atom. The van der Waals surface area contributed by atoms with E-state index in [1.807, 2.05) is 0 Å². The van der Waals surface area contributed by atoms with E-state index in [0.29, 0.717) is 4.90 Å². The number of aromatic nitrogens is 1. The van der Waals surface area contributed by atoms with Crippen LogP contribution in [-0.4, -0.2) is 22.8 Å². The predicted octanol–water partition coefficient (Wildman–Crippen LogP) is 1.37. The van der Waals surface area contributed by atoms with Gasteiger partial charge in [0.05, 0.1) is 12.9 Å². The van der Waals surface area contributed by atoms with Crippen molar-refractivity contribution in [1.82, 2.24) is 9.88 Å². The van der Waals surface area contributed by atoms with Crippen molar-refractivity contribution in [3.63, 3.8) is 0 Å². The highest BCUT2D eigenvalue weighted by molar-refractivity contribution is 5.78. The first kappa shape index (κ1) is 2.80. The van der Waals surface area contributed by atoms with Crippen LogP contribution in [0.1, 0.15) is 36.7 Å². The molecule has 0 spiro atoms. The number of pyridine rings is 1. The van der Waals surface area contributed by atoms with Gasteiger partial charge in [-0.3, -0.25) is 9.78 Å². The molecule has 68 valence electrons. The summed E-state index contributed by atoms with van der Waals surface area (Å²) in [5.74, 6) is -1.30. The summed E-state index contributed by atoms with van der Waals surface area (Å²) in [7, 11) is 0.995. The minimum atomic E-state index is -3.09. The maximum atomic E-state index is 12.0. The van der Waals surface area contributed by atoms with Crippen LogP contribution in [0.3, 0.4) is 0 Å². The third kappa shape index (κ3) is 1.41. The summed E-state index contributed by atoms with van der Waals surface area (Å²) in [6, 6.07) is -4.25. The molecule has 0 aliphatic carbocycles. The first-order valence-corrected chi connectivity index (χ1v) is 3.55. The van der Waals surface area contributed by atoms with Gasteiger partial charge >= 0.3 is 0 Å². The van der Waals surface area contributed by atoms with Gasteiger partial charge < -0.3 is 4.90 Å². The molecule has 0 unspecified atom stereocenters. The first-order valence-electron chi connectivity index (χ1n) is 8.05. The highest BCUT2D eigenvalue weighted by Crippen LogP contribution is 2.30. The van der Waals surface area contributed by atoms with Crippen LogP contribution in [0.2, 0.25) is 0 Å². The molecule has 13 heavy (non-hydrogen) atoms. The van der Waals surface area contributed by atoms with Gasteiger partial charge in [0.25, 0.3) is 0 Å². The van der Waals surface area contributed by atoms with Crippen LogP contribution in [0.15, 0.2) is 24.4 Å². The van der Waals surface area contributed by atoms with Crippen molar-refractivity contribution < 1.29 is 17.1 Å². The summed E-state index contributed by atoms with van der Waals surface area (Å²) in [5, 5.41) is 0. The summed E-state index contributed by atoms with van der Waals surface area (Å²) in [5.41, 5.74) is -0.712. The van der Waals surface area contributed by atoms with E-state index >= 15 is 0 Å². The highest BCUT2D eigenvalue weighted by atomic mass is 16.2. The van der Waals surface area contributed by atoms with Gasteiger partial charge in [-0.2, -0.15) is 0 Å². The van der Waals surface area contributed by atoms with Crippen LogP contribution in [-0.2, 0) is 4.79 Å². The van der Waals surface area contributed by atoms with Gasteiger partial charge in [-0.25, -0.2) is 0 Å². The Labute approximate surface area is 90.0 Å². The van der Waals surface area contributed by atoms with Crippen LogP contribution in [0.5, 0.6) is 0 Å². The standard InChI is InChI=1S/C10H12N2O/c1-12-9(4-5-10(12)13)8-3-2-6-11-7-8/h2-3,6-7,9H,4-5H2,1H3/t9-/m0/s1/i2D,3D,4D2,5D2,6D,7D,9D. The first-order chi connectivity index (χ1) is 9.81. The number of amides is 1. The smallest absolute Gasteiger partial charge is 0.222 e. The lowest BCUT2D eigenvalue weighted by Crippen LogP contribution is -2.22. The molecule has 0 saturated carbocycles. The molecule has 1 aliphatic heterocycles. The highest BCUT2D eigenvalue weighted by Gasteiger charge is 2.28. The molecule has 3 nitrogen and oxygen atoms in total.